The molecule has 1 aromatic rings. The van der Waals surface area contributed by atoms with E-state index in [0.717, 1.165) is 5.56 Å². The van der Waals surface area contributed by atoms with E-state index in [0.29, 0.717) is 11.4 Å². The topological polar surface area (TPSA) is 24.7 Å². The van der Waals surface area contributed by atoms with Crippen molar-refractivity contribution >= 4 is 11.4 Å². The molecule has 1 aliphatic heterocycles. The van der Waals surface area contributed by atoms with Gasteiger partial charge in [-0.05, 0) is 13.8 Å². The van der Waals surface area contributed by atoms with Crippen LogP contribution in [0.2, 0.25) is 0 Å². The molecule has 0 bridgehead atoms. The maximum atomic E-state index is 12.8. The third-order valence-electron chi connectivity index (χ3n) is 2.24. The van der Waals surface area contributed by atoms with Crippen LogP contribution < -0.4 is 0 Å². The lowest BCUT2D eigenvalue weighted by molar-refractivity contribution is 0.552. The first-order valence-electron chi connectivity index (χ1n) is 4.93. The van der Waals surface area contributed by atoms with E-state index in [1.165, 1.54) is 0 Å². The van der Waals surface area contributed by atoms with Crippen molar-refractivity contribution in [1.29, 1.82) is 0 Å². The summed E-state index contributed by atoms with van der Waals surface area (Å²) in [5.74, 6) is 0. The van der Waals surface area contributed by atoms with E-state index in [9.17, 15) is 4.39 Å². The monoisotopic (exact) mass is 204 g/mol. The third kappa shape index (κ3) is 1.96. The number of benzene rings is 1. The SMILES string of the molecule is CC1(C)N=C(CF)C(c2ccccc2)=N1. The van der Waals surface area contributed by atoms with Crippen LogP contribution in [0.4, 0.5) is 4.39 Å². The molecule has 0 unspecified atom stereocenters. The largest absolute Gasteiger partial charge is 0.255 e. The van der Waals surface area contributed by atoms with E-state index in [4.69, 9.17) is 0 Å². The van der Waals surface area contributed by atoms with Gasteiger partial charge in [-0.2, -0.15) is 0 Å². The van der Waals surface area contributed by atoms with Gasteiger partial charge in [-0.15, -0.1) is 0 Å². The van der Waals surface area contributed by atoms with Gasteiger partial charge in [-0.1, -0.05) is 30.3 Å². The lowest BCUT2D eigenvalue weighted by Crippen LogP contribution is -2.14. The fraction of sp³-hybridized carbons (Fsp3) is 0.333. The van der Waals surface area contributed by atoms with Crippen LogP contribution in [0.15, 0.2) is 40.3 Å². The van der Waals surface area contributed by atoms with Crippen molar-refractivity contribution in [2.75, 3.05) is 6.67 Å². The molecule has 2 nitrogen and oxygen atoms in total. The minimum Gasteiger partial charge on any atom is -0.255 e. The molecule has 0 saturated heterocycles. The molecule has 1 aliphatic rings. The summed E-state index contributed by atoms with van der Waals surface area (Å²) in [5, 5.41) is 0. The molecule has 0 aromatic heterocycles. The average Bonchev–Trinajstić information content (AvgIpc) is 2.55. The Bertz CT molecular complexity index is 419. The zero-order valence-corrected chi connectivity index (χ0v) is 8.87. The molecule has 78 valence electrons. The molecule has 3 heteroatoms. The van der Waals surface area contributed by atoms with Crippen LogP contribution >= 0.6 is 0 Å². The Morgan fingerprint density at radius 2 is 1.80 bits per heavy atom. The second-order valence-electron chi connectivity index (χ2n) is 4.01. The summed E-state index contributed by atoms with van der Waals surface area (Å²) in [5.41, 5.74) is 1.54. The van der Waals surface area contributed by atoms with Gasteiger partial charge in [0.1, 0.15) is 12.3 Å². The van der Waals surface area contributed by atoms with Crippen molar-refractivity contribution in [2.24, 2.45) is 9.98 Å². The molecule has 1 aromatic carbocycles. The van der Waals surface area contributed by atoms with Crippen molar-refractivity contribution < 1.29 is 4.39 Å². The standard InChI is InChI=1S/C12H13FN2/c1-12(2)14-10(8-13)11(15-12)9-6-4-3-5-7-9/h3-7H,8H2,1-2H3. The fourth-order valence-electron chi connectivity index (χ4n) is 1.67. The molecule has 0 aliphatic carbocycles. The summed E-state index contributed by atoms with van der Waals surface area (Å²) in [6.45, 7) is 3.19. The molecule has 1 heterocycles. The number of aliphatic imine (C=N–C) groups is 2. The molecule has 0 amide bonds. The quantitative estimate of drug-likeness (QED) is 0.707. The first kappa shape index (κ1) is 10.0. The molecular weight excluding hydrogens is 191 g/mol. The highest BCUT2D eigenvalue weighted by Crippen LogP contribution is 2.21. The fourth-order valence-corrected chi connectivity index (χ4v) is 1.67. The van der Waals surface area contributed by atoms with Gasteiger partial charge >= 0.3 is 0 Å². The lowest BCUT2D eigenvalue weighted by Gasteiger charge is -2.07. The zero-order valence-electron chi connectivity index (χ0n) is 8.87. The van der Waals surface area contributed by atoms with E-state index in [-0.39, 0.29) is 0 Å². The van der Waals surface area contributed by atoms with Crippen LogP contribution in [0.3, 0.4) is 0 Å². The number of nitrogens with zero attached hydrogens (tertiary/aromatic N) is 2. The van der Waals surface area contributed by atoms with E-state index >= 15 is 0 Å². The van der Waals surface area contributed by atoms with Gasteiger partial charge in [0.05, 0.1) is 11.4 Å². The zero-order chi connectivity index (χ0) is 10.9. The number of hydrogen-bond acceptors (Lipinski definition) is 2. The molecule has 15 heavy (non-hydrogen) atoms. The van der Waals surface area contributed by atoms with Crippen LogP contribution in [-0.4, -0.2) is 23.8 Å². The smallest absolute Gasteiger partial charge is 0.145 e. The van der Waals surface area contributed by atoms with Crippen LogP contribution in [-0.2, 0) is 0 Å². The summed E-state index contributed by atoms with van der Waals surface area (Å²) in [4.78, 5) is 8.65. The number of alkyl halides is 1. The summed E-state index contributed by atoms with van der Waals surface area (Å²) >= 11 is 0. The first-order chi connectivity index (χ1) is 7.12. The van der Waals surface area contributed by atoms with Crippen molar-refractivity contribution in [1.82, 2.24) is 0 Å². The molecule has 2 rings (SSSR count). The van der Waals surface area contributed by atoms with Gasteiger partial charge in [0.15, 0.2) is 0 Å². The Morgan fingerprint density at radius 3 is 2.40 bits per heavy atom. The Balaban J connectivity index is 2.43. The predicted molar refractivity (Wildman–Crippen MR) is 60.5 cm³/mol. The second kappa shape index (κ2) is 3.57. The van der Waals surface area contributed by atoms with Crippen LogP contribution in [0.25, 0.3) is 0 Å². The predicted octanol–water partition coefficient (Wildman–Crippen LogP) is 2.64. The molecule has 0 atom stereocenters. The second-order valence-corrected chi connectivity index (χ2v) is 4.01. The van der Waals surface area contributed by atoms with E-state index in [2.05, 4.69) is 9.98 Å². The molecule has 0 fully saturated rings. The van der Waals surface area contributed by atoms with Crippen LogP contribution in [0, 0.1) is 0 Å². The molecule has 0 saturated carbocycles. The Labute approximate surface area is 88.6 Å². The Morgan fingerprint density at radius 1 is 1.13 bits per heavy atom. The first-order valence-corrected chi connectivity index (χ1v) is 4.93. The highest BCUT2D eigenvalue weighted by atomic mass is 19.1. The summed E-state index contributed by atoms with van der Waals surface area (Å²) < 4.78 is 12.8. The average molecular weight is 204 g/mol. The van der Waals surface area contributed by atoms with Crippen LogP contribution in [0.1, 0.15) is 19.4 Å². The highest BCUT2D eigenvalue weighted by molar-refractivity contribution is 6.50. The van der Waals surface area contributed by atoms with Gasteiger partial charge in [-0.25, -0.2) is 4.39 Å². The Kier molecular flexibility index (Phi) is 2.39. The van der Waals surface area contributed by atoms with Gasteiger partial charge in [0, 0.05) is 5.56 Å². The van der Waals surface area contributed by atoms with Gasteiger partial charge in [0.25, 0.3) is 0 Å². The summed E-state index contributed by atoms with van der Waals surface area (Å²) in [6, 6.07) is 9.60. The third-order valence-corrected chi connectivity index (χ3v) is 2.24. The van der Waals surface area contributed by atoms with Crippen LogP contribution in [0.5, 0.6) is 0 Å². The number of rotatable bonds is 2. The normalized spacial score (nSPS) is 18.6. The number of hydrogen-bond donors (Lipinski definition) is 0. The molecule has 0 radical (unpaired) electrons. The highest BCUT2D eigenvalue weighted by Gasteiger charge is 2.27. The Hall–Kier alpha value is -1.51. The number of halogens is 1. The van der Waals surface area contributed by atoms with Crippen molar-refractivity contribution in [3.63, 3.8) is 0 Å². The minimum atomic E-state index is -0.558. The minimum absolute atomic E-state index is 0.450. The van der Waals surface area contributed by atoms with Crippen molar-refractivity contribution in [2.45, 2.75) is 19.5 Å². The molecule has 0 N–H and O–H groups in total. The van der Waals surface area contributed by atoms with E-state index in [1.54, 1.807) is 0 Å². The van der Waals surface area contributed by atoms with Gasteiger partial charge in [0.2, 0.25) is 0 Å². The molecule has 0 spiro atoms. The summed E-state index contributed by atoms with van der Waals surface area (Å²) in [7, 11) is 0. The van der Waals surface area contributed by atoms with Crippen molar-refractivity contribution in [3.8, 4) is 0 Å². The maximum Gasteiger partial charge on any atom is 0.145 e. The van der Waals surface area contributed by atoms with Gasteiger partial charge in [-0.3, -0.25) is 9.98 Å². The van der Waals surface area contributed by atoms with Gasteiger partial charge < -0.3 is 0 Å². The molecular formula is C12H13FN2. The summed E-state index contributed by atoms with van der Waals surface area (Å²) in [6.07, 6.45) is 0. The lowest BCUT2D eigenvalue weighted by atomic mass is 10.1. The van der Waals surface area contributed by atoms with E-state index in [1.807, 2.05) is 44.2 Å². The maximum absolute atomic E-state index is 12.8. The van der Waals surface area contributed by atoms with E-state index < -0.39 is 12.3 Å². The van der Waals surface area contributed by atoms with Crippen molar-refractivity contribution in [3.05, 3.63) is 35.9 Å².